The number of halogens is 3. The molecule has 0 saturated carbocycles. The molecule has 0 bridgehead atoms. The van der Waals surface area contributed by atoms with Crippen molar-refractivity contribution in [3.63, 3.8) is 0 Å². The van der Waals surface area contributed by atoms with Crippen LogP contribution < -0.4 is 10.6 Å². The number of hydrogen-bond donors (Lipinski definition) is 2. The summed E-state index contributed by atoms with van der Waals surface area (Å²) in [6.07, 6.45) is -4.62. The number of alkyl halides is 3. The second-order valence-electron chi connectivity index (χ2n) is 6.20. The molecule has 0 atom stereocenters. The topological polar surface area (TPSA) is 67.4 Å². The first-order valence-corrected chi connectivity index (χ1v) is 8.89. The molecule has 3 aromatic rings. The van der Waals surface area contributed by atoms with Crippen molar-refractivity contribution in [1.29, 1.82) is 0 Å². The van der Waals surface area contributed by atoms with Crippen LogP contribution in [-0.2, 0) is 15.7 Å². The van der Waals surface area contributed by atoms with Crippen LogP contribution >= 0.6 is 0 Å². The fourth-order valence-electron chi connectivity index (χ4n) is 2.68. The number of esters is 1. The zero-order valence-corrected chi connectivity index (χ0v) is 15.6. The van der Waals surface area contributed by atoms with Crippen molar-refractivity contribution in [3.8, 4) is 0 Å². The lowest BCUT2D eigenvalue weighted by Gasteiger charge is -2.14. The quantitative estimate of drug-likeness (QED) is 0.541. The molecule has 0 aliphatic heterocycles. The number of carbonyl (C=O) groups is 2. The maximum Gasteiger partial charge on any atom is 0.418 e. The molecule has 1 amide bonds. The molecule has 0 saturated heterocycles. The highest BCUT2D eigenvalue weighted by molar-refractivity contribution is 5.99. The van der Waals surface area contributed by atoms with E-state index in [4.69, 9.17) is 4.74 Å². The Morgan fingerprint density at radius 3 is 2.10 bits per heavy atom. The molecular weight excluding hydrogens is 397 g/mol. The van der Waals surface area contributed by atoms with Crippen molar-refractivity contribution >= 4 is 28.9 Å². The summed E-state index contributed by atoms with van der Waals surface area (Å²) in [6, 6.07) is 20.2. The van der Waals surface area contributed by atoms with E-state index < -0.39 is 35.9 Å². The third-order valence-electron chi connectivity index (χ3n) is 4.04. The molecular formula is C22H17F3N2O3. The van der Waals surface area contributed by atoms with Crippen molar-refractivity contribution in [2.45, 2.75) is 6.18 Å². The van der Waals surface area contributed by atoms with Gasteiger partial charge in [-0.2, -0.15) is 13.2 Å². The zero-order valence-electron chi connectivity index (χ0n) is 15.6. The van der Waals surface area contributed by atoms with Gasteiger partial charge in [0, 0.05) is 5.69 Å². The Morgan fingerprint density at radius 1 is 0.800 bits per heavy atom. The molecule has 8 heteroatoms. The third kappa shape index (κ3) is 5.38. The van der Waals surface area contributed by atoms with E-state index in [0.29, 0.717) is 5.69 Å². The van der Waals surface area contributed by atoms with Gasteiger partial charge in [-0.1, -0.05) is 42.5 Å². The molecule has 0 aliphatic rings. The zero-order chi connectivity index (χ0) is 21.6. The summed E-state index contributed by atoms with van der Waals surface area (Å²) >= 11 is 0. The standard InChI is InChI=1S/C22H17F3N2O3/c23-22(24,25)17-11-5-7-13-19(17)27-20(28)14-30-21(29)16-10-4-6-12-18(16)26-15-8-2-1-3-9-15/h1-13,26H,14H2,(H,27,28). The Balaban J connectivity index is 1.65. The van der Waals surface area contributed by atoms with Gasteiger partial charge in [0.25, 0.3) is 5.91 Å². The molecule has 3 aromatic carbocycles. The highest BCUT2D eigenvalue weighted by Gasteiger charge is 2.33. The minimum atomic E-state index is -4.62. The summed E-state index contributed by atoms with van der Waals surface area (Å²) in [4.78, 5) is 24.4. The van der Waals surface area contributed by atoms with Gasteiger partial charge in [0.1, 0.15) is 0 Å². The number of nitrogens with one attached hydrogen (secondary N) is 2. The van der Waals surface area contributed by atoms with Gasteiger partial charge in [0.05, 0.1) is 22.5 Å². The summed E-state index contributed by atoms with van der Waals surface area (Å²) < 4.78 is 44.0. The molecule has 0 unspecified atom stereocenters. The number of amides is 1. The Hall–Kier alpha value is -3.81. The highest BCUT2D eigenvalue weighted by atomic mass is 19.4. The molecule has 0 fully saturated rings. The number of carbonyl (C=O) groups excluding carboxylic acids is 2. The largest absolute Gasteiger partial charge is 0.452 e. The molecule has 30 heavy (non-hydrogen) atoms. The molecule has 0 aliphatic carbocycles. The smallest absolute Gasteiger partial charge is 0.418 e. The van der Waals surface area contributed by atoms with Crippen molar-refractivity contribution in [1.82, 2.24) is 0 Å². The molecule has 154 valence electrons. The predicted molar refractivity (Wildman–Crippen MR) is 107 cm³/mol. The second kappa shape index (κ2) is 9.13. The Morgan fingerprint density at radius 2 is 1.40 bits per heavy atom. The monoisotopic (exact) mass is 414 g/mol. The fourth-order valence-corrected chi connectivity index (χ4v) is 2.68. The van der Waals surface area contributed by atoms with Gasteiger partial charge in [0.2, 0.25) is 0 Å². The Labute approximate surface area is 170 Å². The lowest BCUT2D eigenvalue weighted by molar-refractivity contribution is -0.137. The molecule has 0 radical (unpaired) electrons. The molecule has 0 spiro atoms. The van der Waals surface area contributed by atoms with Crippen LogP contribution in [0.4, 0.5) is 30.2 Å². The van der Waals surface area contributed by atoms with Gasteiger partial charge in [-0.25, -0.2) is 4.79 Å². The van der Waals surface area contributed by atoms with Gasteiger partial charge < -0.3 is 15.4 Å². The van der Waals surface area contributed by atoms with Crippen LogP contribution in [0.1, 0.15) is 15.9 Å². The molecule has 5 nitrogen and oxygen atoms in total. The predicted octanol–water partition coefficient (Wildman–Crippen LogP) is 5.24. The van der Waals surface area contributed by atoms with Crippen LogP contribution in [0.5, 0.6) is 0 Å². The first kappa shape index (κ1) is 20.9. The summed E-state index contributed by atoms with van der Waals surface area (Å²) in [6.45, 7) is -0.731. The van der Waals surface area contributed by atoms with Crippen molar-refractivity contribution in [3.05, 3.63) is 90.0 Å². The summed E-state index contributed by atoms with van der Waals surface area (Å²) in [7, 11) is 0. The average molecular weight is 414 g/mol. The van der Waals surface area contributed by atoms with Gasteiger partial charge >= 0.3 is 12.1 Å². The van der Waals surface area contributed by atoms with Gasteiger partial charge in [-0.05, 0) is 36.4 Å². The summed E-state index contributed by atoms with van der Waals surface area (Å²) in [5.41, 5.74) is 0.0138. The van der Waals surface area contributed by atoms with Crippen LogP contribution in [-0.4, -0.2) is 18.5 Å². The third-order valence-corrected chi connectivity index (χ3v) is 4.04. The lowest BCUT2D eigenvalue weighted by atomic mass is 10.1. The number of rotatable bonds is 6. The van der Waals surface area contributed by atoms with Crippen molar-refractivity contribution in [2.24, 2.45) is 0 Å². The van der Waals surface area contributed by atoms with Gasteiger partial charge in [-0.3, -0.25) is 4.79 Å². The second-order valence-corrected chi connectivity index (χ2v) is 6.20. The molecule has 2 N–H and O–H groups in total. The van der Waals surface area contributed by atoms with Crippen LogP contribution in [0.2, 0.25) is 0 Å². The van der Waals surface area contributed by atoms with Crippen LogP contribution in [0.3, 0.4) is 0 Å². The van der Waals surface area contributed by atoms with Crippen LogP contribution in [0.15, 0.2) is 78.9 Å². The van der Waals surface area contributed by atoms with E-state index in [1.54, 1.807) is 18.2 Å². The Bertz CT molecular complexity index is 1040. The number of para-hydroxylation sites is 3. The Kier molecular flexibility index (Phi) is 6.36. The molecule has 3 rings (SSSR count). The van der Waals surface area contributed by atoms with E-state index >= 15 is 0 Å². The average Bonchev–Trinajstić information content (AvgIpc) is 2.73. The van der Waals surface area contributed by atoms with Gasteiger partial charge in [0.15, 0.2) is 6.61 Å². The highest BCUT2D eigenvalue weighted by Crippen LogP contribution is 2.34. The van der Waals surface area contributed by atoms with Crippen molar-refractivity contribution < 1.29 is 27.5 Å². The van der Waals surface area contributed by atoms with E-state index in [-0.39, 0.29) is 5.56 Å². The van der Waals surface area contributed by atoms with E-state index in [1.165, 1.54) is 18.2 Å². The van der Waals surface area contributed by atoms with Crippen LogP contribution in [0.25, 0.3) is 0 Å². The van der Waals surface area contributed by atoms with E-state index in [2.05, 4.69) is 10.6 Å². The molecule has 0 heterocycles. The first-order valence-electron chi connectivity index (χ1n) is 8.89. The van der Waals surface area contributed by atoms with E-state index in [0.717, 1.165) is 17.8 Å². The van der Waals surface area contributed by atoms with Gasteiger partial charge in [-0.15, -0.1) is 0 Å². The number of anilines is 3. The maximum atomic E-state index is 13.0. The molecule has 0 aromatic heterocycles. The first-order chi connectivity index (χ1) is 14.3. The van der Waals surface area contributed by atoms with Crippen LogP contribution in [0, 0.1) is 0 Å². The van der Waals surface area contributed by atoms with E-state index in [1.807, 2.05) is 30.3 Å². The number of benzene rings is 3. The number of hydrogen-bond acceptors (Lipinski definition) is 4. The van der Waals surface area contributed by atoms with Crippen molar-refractivity contribution in [2.75, 3.05) is 17.2 Å². The lowest BCUT2D eigenvalue weighted by Crippen LogP contribution is -2.23. The maximum absolute atomic E-state index is 13.0. The minimum Gasteiger partial charge on any atom is -0.452 e. The normalized spacial score (nSPS) is 10.9. The number of ether oxygens (including phenoxy) is 1. The SMILES string of the molecule is O=C(COC(=O)c1ccccc1Nc1ccccc1)Nc1ccccc1C(F)(F)F. The van der Waals surface area contributed by atoms with E-state index in [9.17, 15) is 22.8 Å². The minimum absolute atomic E-state index is 0.185. The summed E-state index contributed by atoms with van der Waals surface area (Å²) in [5.74, 6) is -1.66. The summed E-state index contributed by atoms with van der Waals surface area (Å²) in [5, 5.41) is 5.21. The fraction of sp³-hybridized carbons (Fsp3) is 0.0909.